The molecule has 2 aromatic rings. The van der Waals surface area contributed by atoms with Crippen molar-refractivity contribution in [3.63, 3.8) is 0 Å². The quantitative estimate of drug-likeness (QED) is 0.374. The van der Waals surface area contributed by atoms with Crippen LogP contribution in [-0.4, -0.2) is 90.9 Å². The van der Waals surface area contributed by atoms with Crippen LogP contribution in [0.15, 0.2) is 36.4 Å². The molecule has 3 amide bonds. The lowest BCUT2D eigenvalue weighted by molar-refractivity contribution is -0.144. The van der Waals surface area contributed by atoms with Crippen molar-refractivity contribution in [2.75, 3.05) is 47.3 Å². The number of carbonyl (C=O) groups excluding carboxylic acids is 2. The number of aryl methyl sites for hydroxylation is 1. The highest BCUT2D eigenvalue weighted by molar-refractivity contribution is 5.87. The number of halogens is 7. The van der Waals surface area contributed by atoms with Crippen molar-refractivity contribution < 1.29 is 40.3 Å². The summed E-state index contributed by atoms with van der Waals surface area (Å²) in [6, 6.07) is 5.11. The van der Waals surface area contributed by atoms with Crippen molar-refractivity contribution in [1.29, 1.82) is 0 Å². The molecule has 2 saturated heterocycles. The smallest absolute Gasteiger partial charge is 0.341 e. The molecule has 242 valence electrons. The van der Waals surface area contributed by atoms with Crippen LogP contribution in [0.5, 0.6) is 0 Å². The van der Waals surface area contributed by atoms with Gasteiger partial charge in [-0.3, -0.25) is 9.69 Å². The summed E-state index contributed by atoms with van der Waals surface area (Å²) in [6.45, 7) is 6.45. The number of piperidine rings is 1. The summed E-state index contributed by atoms with van der Waals surface area (Å²) in [5.41, 5.74) is -3.66. The summed E-state index contributed by atoms with van der Waals surface area (Å²) in [5.74, 6) is -1.40. The second kappa shape index (κ2) is 11.9. The van der Waals surface area contributed by atoms with Gasteiger partial charge < -0.3 is 14.7 Å². The SMILES string of the molecule is Cc1cc(F)ccc1[C@@H]1CN(C2CN(C(=O)N(C)C)C2)CC[C@H]1N(C)C(=O)C(C)(C)c1cc(C(F)(F)F)cc(C(F)(F)F)c1. The summed E-state index contributed by atoms with van der Waals surface area (Å²) >= 11 is 0. The fourth-order valence-electron chi connectivity index (χ4n) is 6.28. The number of likely N-dealkylation sites (tertiary alicyclic amines) is 2. The second-order valence-electron chi connectivity index (χ2n) is 12.5. The van der Waals surface area contributed by atoms with E-state index in [1.54, 1.807) is 32.0 Å². The highest BCUT2D eigenvalue weighted by atomic mass is 19.4. The number of hydrogen-bond acceptors (Lipinski definition) is 3. The maximum absolute atomic E-state index is 14.1. The Hall–Kier alpha value is -3.35. The predicted molar refractivity (Wildman–Crippen MR) is 151 cm³/mol. The van der Waals surface area contributed by atoms with Crippen LogP contribution in [0, 0.1) is 12.7 Å². The molecule has 0 aliphatic carbocycles. The predicted octanol–water partition coefficient (Wildman–Crippen LogP) is 6.13. The number of hydrogen-bond donors (Lipinski definition) is 0. The lowest BCUT2D eigenvalue weighted by atomic mass is 9.78. The summed E-state index contributed by atoms with van der Waals surface area (Å²) in [7, 11) is 4.85. The average molecular weight is 631 g/mol. The molecule has 0 bridgehead atoms. The van der Waals surface area contributed by atoms with Crippen LogP contribution in [0.4, 0.5) is 35.5 Å². The molecule has 2 aliphatic rings. The first-order chi connectivity index (χ1) is 20.2. The van der Waals surface area contributed by atoms with Gasteiger partial charge in [0.15, 0.2) is 0 Å². The van der Waals surface area contributed by atoms with Gasteiger partial charge in [-0.05, 0) is 74.2 Å². The highest BCUT2D eigenvalue weighted by Gasteiger charge is 2.45. The minimum atomic E-state index is -5.05. The Morgan fingerprint density at radius 2 is 1.39 bits per heavy atom. The van der Waals surface area contributed by atoms with Crippen molar-refractivity contribution >= 4 is 11.9 Å². The standard InChI is InChI=1S/C31H37F7N4O2/c1-18-11-22(32)7-8-24(18)25-17-41(23-15-42(16-23)28(44)39(4)5)10-9-26(25)40(6)27(43)29(2,3)19-12-20(30(33,34)35)14-21(13-19)31(36,37)38/h7-8,11-14,23,25-26H,9-10,15-17H2,1-6H3/t25-,26+/m0/s1. The molecule has 0 radical (unpaired) electrons. The first kappa shape index (κ1) is 33.5. The van der Waals surface area contributed by atoms with E-state index >= 15 is 0 Å². The van der Waals surface area contributed by atoms with Crippen LogP contribution in [0.3, 0.4) is 0 Å². The highest BCUT2D eigenvalue weighted by Crippen LogP contribution is 2.41. The Morgan fingerprint density at radius 3 is 1.89 bits per heavy atom. The van der Waals surface area contributed by atoms with E-state index < -0.39 is 52.2 Å². The summed E-state index contributed by atoms with van der Waals surface area (Å²) in [6.07, 6.45) is -9.64. The van der Waals surface area contributed by atoms with Crippen molar-refractivity contribution in [3.05, 3.63) is 70.0 Å². The maximum atomic E-state index is 14.1. The second-order valence-corrected chi connectivity index (χ2v) is 12.5. The van der Waals surface area contributed by atoms with Crippen molar-refractivity contribution in [3.8, 4) is 0 Å². The average Bonchev–Trinajstić information content (AvgIpc) is 2.90. The van der Waals surface area contributed by atoms with Gasteiger partial charge in [-0.2, -0.15) is 26.3 Å². The summed E-state index contributed by atoms with van der Waals surface area (Å²) in [5, 5.41) is 0. The van der Waals surface area contributed by atoms with E-state index in [4.69, 9.17) is 0 Å². The number of alkyl halides is 6. The van der Waals surface area contributed by atoms with Gasteiger partial charge in [0.1, 0.15) is 5.82 Å². The molecule has 0 spiro atoms. The first-order valence-corrected chi connectivity index (χ1v) is 14.2. The number of carbonyl (C=O) groups is 2. The molecule has 44 heavy (non-hydrogen) atoms. The van der Waals surface area contributed by atoms with E-state index in [0.717, 1.165) is 5.56 Å². The normalized spacial score (nSPS) is 20.3. The van der Waals surface area contributed by atoms with E-state index in [-0.39, 0.29) is 24.1 Å². The lowest BCUT2D eigenvalue weighted by Gasteiger charge is -2.51. The molecule has 2 fully saturated rings. The third kappa shape index (κ3) is 6.67. The topological polar surface area (TPSA) is 47.1 Å². The third-order valence-electron chi connectivity index (χ3n) is 8.93. The third-order valence-corrected chi connectivity index (χ3v) is 8.93. The molecule has 2 atom stereocenters. The summed E-state index contributed by atoms with van der Waals surface area (Å²) < 4.78 is 95.7. The Morgan fingerprint density at radius 1 is 0.841 bits per heavy atom. The van der Waals surface area contributed by atoms with Gasteiger partial charge >= 0.3 is 18.4 Å². The monoisotopic (exact) mass is 630 g/mol. The van der Waals surface area contributed by atoms with E-state index in [1.807, 2.05) is 0 Å². The minimum Gasteiger partial charge on any atom is -0.341 e. The molecule has 6 nitrogen and oxygen atoms in total. The van der Waals surface area contributed by atoms with Gasteiger partial charge in [-0.15, -0.1) is 0 Å². The van der Waals surface area contributed by atoms with Crippen LogP contribution in [0.1, 0.15) is 54.0 Å². The van der Waals surface area contributed by atoms with Gasteiger partial charge in [0.2, 0.25) is 5.91 Å². The van der Waals surface area contributed by atoms with Crippen LogP contribution < -0.4 is 0 Å². The number of benzene rings is 2. The Labute approximate surface area is 252 Å². The van der Waals surface area contributed by atoms with Crippen LogP contribution in [-0.2, 0) is 22.6 Å². The van der Waals surface area contributed by atoms with Crippen LogP contribution >= 0.6 is 0 Å². The molecule has 2 aromatic carbocycles. The molecule has 2 heterocycles. The number of likely N-dealkylation sites (N-methyl/N-ethyl adjacent to an activating group) is 1. The van der Waals surface area contributed by atoms with Gasteiger partial charge in [0.05, 0.1) is 16.5 Å². The molecule has 0 N–H and O–H groups in total. The molecule has 0 saturated carbocycles. The Balaban J connectivity index is 1.65. The number of amides is 3. The van der Waals surface area contributed by atoms with Crippen molar-refractivity contribution in [1.82, 2.24) is 19.6 Å². The molecule has 0 aromatic heterocycles. The number of nitrogens with zero attached hydrogens (tertiary/aromatic N) is 4. The zero-order valence-corrected chi connectivity index (χ0v) is 25.5. The van der Waals surface area contributed by atoms with Gasteiger partial charge in [-0.1, -0.05) is 6.07 Å². The molecule has 2 aliphatic heterocycles. The lowest BCUT2D eigenvalue weighted by Crippen LogP contribution is -2.65. The van der Waals surface area contributed by atoms with E-state index in [0.29, 0.717) is 50.3 Å². The van der Waals surface area contributed by atoms with Crippen LogP contribution in [0.2, 0.25) is 0 Å². The minimum absolute atomic E-state index is 0.0462. The van der Waals surface area contributed by atoms with E-state index in [2.05, 4.69) is 4.90 Å². The fraction of sp³-hybridized carbons (Fsp3) is 0.548. The van der Waals surface area contributed by atoms with E-state index in [1.165, 1.54) is 42.8 Å². The zero-order valence-electron chi connectivity index (χ0n) is 25.5. The molecule has 4 rings (SSSR count). The Kier molecular flexibility index (Phi) is 9.05. The number of urea groups is 1. The molecule has 13 heteroatoms. The first-order valence-electron chi connectivity index (χ1n) is 14.2. The maximum Gasteiger partial charge on any atom is 0.416 e. The van der Waals surface area contributed by atoms with Crippen molar-refractivity contribution in [2.45, 2.75) is 63.0 Å². The molecule has 0 unspecified atom stereocenters. The molecular weight excluding hydrogens is 593 g/mol. The Bertz CT molecular complexity index is 1370. The number of rotatable bonds is 5. The summed E-state index contributed by atoms with van der Waals surface area (Å²) in [4.78, 5) is 33.2. The van der Waals surface area contributed by atoms with Gasteiger partial charge in [-0.25, -0.2) is 9.18 Å². The van der Waals surface area contributed by atoms with Crippen LogP contribution in [0.25, 0.3) is 0 Å². The largest absolute Gasteiger partial charge is 0.416 e. The zero-order chi connectivity index (χ0) is 32.9. The fourth-order valence-corrected chi connectivity index (χ4v) is 6.28. The van der Waals surface area contributed by atoms with Gasteiger partial charge in [0, 0.05) is 65.3 Å². The molecular formula is C31H37F7N4O2. The van der Waals surface area contributed by atoms with Crippen molar-refractivity contribution in [2.24, 2.45) is 0 Å². The van der Waals surface area contributed by atoms with Gasteiger partial charge in [0.25, 0.3) is 0 Å². The van der Waals surface area contributed by atoms with E-state index in [9.17, 15) is 40.3 Å².